The molecule has 0 bridgehead atoms. The van der Waals surface area contributed by atoms with E-state index < -0.39 is 0 Å². The van der Waals surface area contributed by atoms with Crippen molar-refractivity contribution in [2.75, 3.05) is 18.1 Å². The van der Waals surface area contributed by atoms with Gasteiger partial charge in [-0.3, -0.25) is 14.3 Å². The second kappa shape index (κ2) is 5.88. The second-order valence-corrected chi connectivity index (χ2v) is 5.72. The van der Waals surface area contributed by atoms with Gasteiger partial charge in [-0.1, -0.05) is 0 Å². The van der Waals surface area contributed by atoms with Crippen LogP contribution in [-0.4, -0.2) is 39.8 Å². The average molecular weight is 300 g/mol. The molecule has 1 fully saturated rings. The first-order valence-corrected chi connectivity index (χ1v) is 7.43. The number of ether oxygens (including phenoxy) is 1. The molecule has 116 valence electrons. The largest absolute Gasteiger partial charge is 0.375 e. The maximum absolute atomic E-state index is 12.3. The molecule has 1 aliphatic heterocycles. The van der Waals surface area contributed by atoms with E-state index in [0.29, 0.717) is 18.2 Å². The molecule has 1 aliphatic rings. The molecule has 0 spiro atoms. The fourth-order valence-electron chi connectivity index (χ4n) is 2.64. The third kappa shape index (κ3) is 2.74. The Hall–Kier alpha value is -2.21. The van der Waals surface area contributed by atoms with E-state index >= 15 is 0 Å². The summed E-state index contributed by atoms with van der Waals surface area (Å²) >= 11 is 0. The van der Waals surface area contributed by atoms with E-state index in [0.717, 1.165) is 12.1 Å². The number of hydrogen-bond acceptors (Lipinski definition) is 5. The predicted octanol–water partition coefficient (Wildman–Crippen LogP) is 1.46. The first kappa shape index (κ1) is 14.7. The average Bonchev–Trinajstić information content (AvgIpc) is 2.53. The molecule has 0 saturated carbocycles. The predicted molar refractivity (Wildman–Crippen MR) is 84.9 cm³/mol. The molecule has 2 atom stereocenters. The van der Waals surface area contributed by atoms with Crippen LogP contribution in [0.2, 0.25) is 0 Å². The van der Waals surface area contributed by atoms with Gasteiger partial charge < -0.3 is 9.64 Å². The minimum atomic E-state index is -0.0665. The van der Waals surface area contributed by atoms with Crippen LogP contribution in [0.1, 0.15) is 13.8 Å². The molecule has 3 rings (SSSR count). The summed E-state index contributed by atoms with van der Waals surface area (Å²) in [6.07, 6.45) is 3.53. The van der Waals surface area contributed by atoms with Crippen LogP contribution in [0, 0.1) is 0 Å². The van der Waals surface area contributed by atoms with Crippen molar-refractivity contribution in [3.63, 3.8) is 0 Å². The van der Waals surface area contributed by atoms with Crippen molar-refractivity contribution in [1.29, 1.82) is 0 Å². The van der Waals surface area contributed by atoms with Crippen LogP contribution in [0.5, 0.6) is 0 Å². The van der Waals surface area contributed by atoms with Gasteiger partial charge in [0.2, 0.25) is 5.95 Å². The topological polar surface area (TPSA) is 60.2 Å². The molecule has 1 saturated heterocycles. The smallest absolute Gasteiger partial charge is 0.255 e. The van der Waals surface area contributed by atoms with E-state index in [2.05, 4.69) is 16.8 Å². The molecular formula is C16H20N4O2. The van der Waals surface area contributed by atoms with E-state index in [4.69, 9.17) is 9.72 Å². The van der Waals surface area contributed by atoms with E-state index in [-0.39, 0.29) is 17.7 Å². The van der Waals surface area contributed by atoms with Gasteiger partial charge in [-0.25, -0.2) is 4.98 Å². The van der Waals surface area contributed by atoms with Crippen LogP contribution in [0.3, 0.4) is 0 Å². The third-order valence-electron chi connectivity index (χ3n) is 3.95. The number of anilines is 1. The van der Waals surface area contributed by atoms with Gasteiger partial charge in [0.15, 0.2) is 0 Å². The van der Waals surface area contributed by atoms with Gasteiger partial charge in [-0.15, -0.1) is 0 Å². The fraction of sp³-hybridized carbons (Fsp3) is 0.438. The highest BCUT2D eigenvalue weighted by Crippen LogP contribution is 2.22. The summed E-state index contributed by atoms with van der Waals surface area (Å²) in [5, 5.41) is 0. The van der Waals surface area contributed by atoms with Gasteiger partial charge in [0.05, 0.1) is 24.4 Å². The molecule has 0 amide bonds. The summed E-state index contributed by atoms with van der Waals surface area (Å²) in [7, 11) is 1.76. The van der Waals surface area contributed by atoms with Gasteiger partial charge in [0.25, 0.3) is 5.56 Å². The molecule has 0 aromatic carbocycles. The van der Waals surface area contributed by atoms with E-state index in [1.165, 1.54) is 0 Å². The van der Waals surface area contributed by atoms with Gasteiger partial charge >= 0.3 is 0 Å². The van der Waals surface area contributed by atoms with Crippen molar-refractivity contribution < 1.29 is 4.74 Å². The Balaban J connectivity index is 2.07. The molecule has 2 aromatic heterocycles. The van der Waals surface area contributed by atoms with Gasteiger partial charge in [-0.2, -0.15) is 0 Å². The Morgan fingerprint density at radius 2 is 2.00 bits per heavy atom. The van der Waals surface area contributed by atoms with Crippen LogP contribution < -0.4 is 10.5 Å². The molecule has 0 radical (unpaired) electrons. The van der Waals surface area contributed by atoms with Crippen LogP contribution in [-0.2, 0) is 11.8 Å². The second-order valence-electron chi connectivity index (χ2n) is 5.72. The lowest BCUT2D eigenvalue weighted by molar-refractivity contribution is 0.0334. The summed E-state index contributed by atoms with van der Waals surface area (Å²) in [6, 6.07) is 5.46. The zero-order chi connectivity index (χ0) is 15.7. The monoisotopic (exact) mass is 300 g/mol. The number of morpholine rings is 1. The highest BCUT2D eigenvalue weighted by Gasteiger charge is 2.26. The zero-order valence-corrected chi connectivity index (χ0v) is 13.1. The number of rotatable bonds is 2. The summed E-state index contributed by atoms with van der Waals surface area (Å²) in [5.74, 6) is 0.682. The maximum Gasteiger partial charge on any atom is 0.255 e. The van der Waals surface area contributed by atoms with Crippen LogP contribution in [0.25, 0.3) is 11.3 Å². The molecule has 0 unspecified atom stereocenters. The lowest BCUT2D eigenvalue weighted by atomic mass is 10.2. The van der Waals surface area contributed by atoms with Gasteiger partial charge in [0.1, 0.15) is 0 Å². The minimum Gasteiger partial charge on any atom is -0.375 e. The van der Waals surface area contributed by atoms with Crippen LogP contribution in [0.4, 0.5) is 5.95 Å². The van der Waals surface area contributed by atoms with Gasteiger partial charge in [0, 0.05) is 37.6 Å². The van der Waals surface area contributed by atoms with E-state index in [1.54, 1.807) is 30.1 Å². The first-order chi connectivity index (χ1) is 10.6. The number of nitrogens with zero attached hydrogens (tertiary/aromatic N) is 4. The Morgan fingerprint density at radius 1 is 1.27 bits per heavy atom. The Morgan fingerprint density at radius 3 is 2.73 bits per heavy atom. The number of pyridine rings is 1. The zero-order valence-electron chi connectivity index (χ0n) is 13.1. The summed E-state index contributed by atoms with van der Waals surface area (Å²) in [5.41, 5.74) is 1.50. The van der Waals surface area contributed by atoms with Crippen molar-refractivity contribution in [2.24, 2.45) is 7.05 Å². The molecule has 6 nitrogen and oxygen atoms in total. The summed E-state index contributed by atoms with van der Waals surface area (Å²) < 4.78 is 7.26. The molecule has 3 heterocycles. The molecular weight excluding hydrogens is 280 g/mol. The molecule has 0 aliphatic carbocycles. The normalized spacial score (nSPS) is 21.9. The number of aromatic nitrogens is 3. The molecule has 0 N–H and O–H groups in total. The first-order valence-electron chi connectivity index (χ1n) is 7.43. The van der Waals surface area contributed by atoms with E-state index in [1.807, 2.05) is 19.1 Å². The Kier molecular flexibility index (Phi) is 3.94. The quantitative estimate of drug-likeness (QED) is 0.840. The minimum absolute atomic E-state index is 0.0665. The fourth-order valence-corrected chi connectivity index (χ4v) is 2.64. The van der Waals surface area contributed by atoms with Crippen molar-refractivity contribution in [3.8, 4) is 11.3 Å². The lowest BCUT2D eigenvalue weighted by Gasteiger charge is -2.38. The van der Waals surface area contributed by atoms with Gasteiger partial charge in [-0.05, 0) is 26.0 Å². The van der Waals surface area contributed by atoms with Crippen molar-refractivity contribution >= 4 is 5.95 Å². The molecule has 2 aromatic rings. The lowest BCUT2D eigenvalue weighted by Crippen LogP contribution is -2.49. The Bertz CT molecular complexity index is 714. The van der Waals surface area contributed by atoms with Crippen molar-refractivity contribution in [3.05, 3.63) is 40.9 Å². The highest BCUT2D eigenvalue weighted by atomic mass is 16.5. The van der Waals surface area contributed by atoms with Crippen LogP contribution >= 0.6 is 0 Å². The van der Waals surface area contributed by atoms with E-state index in [9.17, 15) is 4.79 Å². The summed E-state index contributed by atoms with van der Waals surface area (Å²) in [6.45, 7) is 5.47. The van der Waals surface area contributed by atoms with Crippen molar-refractivity contribution in [1.82, 2.24) is 14.5 Å². The highest BCUT2D eigenvalue weighted by molar-refractivity contribution is 5.59. The Labute approximate surface area is 129 Å². The standard InChI is InChI=1S/C16H20N4O2/c1-11-10-22-12(2)9-20(11)16-18-14(8-15(21)19(16)3)13-4-6-17-7-5-13/h4-8,11-12H,9-10H2,1-3H3/t11-,12-/m1/s1. The van der Waals surface area contributed by atoms with Crippen LogP contribution in [0.15, 0.2) is 35.4 Å². The molecule has 22 heavy (non-hydrogen) atoms. The summed E-state index contributed by atoms with van der Waals surface area (Å²) in [4.78, 5) is 23.2. The maximum atomic E-state index is 12.3. The number of hydrogen-bond donors (Lipinski definition) is 0. The van der Waals surface area contributed by atoms with Crippen molar-refractivity contribution in [2.45, 2.75) is 26.0 Å². The SMILES string of the molecule is C[C@@H]1CN(c2nc(-c3ccncc3)cc(=O)n2C)[C@H](C)CO1. The molecule has 6 heteroatoms. The third-order valence-corrected chi connectivity index (χ3v) is 3.95.